The highest BCUT2D eigenvalue weighted by Crippen LogP contribution is 2.26. The van der Waals surface area contributed by atoms with Gasteiger partial charge in [0, 0.05) is 38.2 Å². The van der Waals surface area contributed by atoms with Crippen LogP contribution in [0.3, 0.4) is 0 Å². The van der Waals surface area contributed by atoms with Gasteiger partial charge in [-0.3, -0.25) is 9.89 Å². The lowest BCUT2D eigenvalue weighted by molar-refractivity contribution is -0.120. The second kappa shape index (κ2) is 7.76. The summed E-state index contributed by atoms with van der Waals surface area (Å²) in [5.74, 6) is 0.981. The minimum Gasteiger partial charge on any atom is -0.371 e. The summed E-state index contributed by atoms with van der Waals surface area (Å²) >= 11 is 0. The molecule has 23 heavy (non-hydrogen) atoms. The van der Waals surface area contributed by atoms with Crippen molar-refractivity contribution in [2.24, 2.45) is 0 Å². The molecule has 0 atom stereocenters. The lowest BCUT2D eigenvalue weighted by Gasteiger charge is -2.31. The van der Waals surface area contributed by atoms with E-state index in [0.717, 1.165) is 44.6 Å². The van der Waals surface area contributed by atoms with Gasteiger partial charge in [-0.05, 0) is 30.9 Å². The first-order valence-electron chi connectivity index (χ1n) is 8.27. The standard InChI is InChI=1S/C17H23N5O/c23-17(18-10-3-8-16-19-13-20-21-16)9-12-22-11-4-6-14-5-1-2-7-15(14)22/h1-2,5,7,13H,3-4,6,8-12H2,(H,18,23)(H,19,20,21). The predicted molar refractivity (Wildman–Crippen MR) is 89.3 cm³/mol. The van der Waals surface area contributed by atoms with Crippen LogP contribution < -0.4 is 10.2 Å². The van der Waals surface area contributed by atoms with Gasteiger partial charge >= 0.3 is 0 Å². The number of nitrogens with zero attached hydrogens (tertiary/aromatic N) is 3. The van der Waals surface area contributed by atoms with Crippen LogP contribution in [-0.2, 0) is 17.6 Å². The molecule has 2 aromatic rings. The number of benzene rings is 1. The number of nitrogens with one attached hydrogen (secondary N) is 2. The number of hydrogen-bond donors (Lipinski definition) is 2. The molecule has 0 saturated heterocycles. The lowest BCUT2D eigenvalue weighted by atomic mass is 10.0. The third-order valence-electron chi connectivity index (χ3n) is 4.19. The Morgan fingerprint density at radius 1 is 1.35 bits per heavy atom. The number of rotatable bonds is 7. The van der Waals surface area contributed by atoms with E-state index in [9.17, 15) is 4.79 Å². The summed E-state index contributed by atoms with van der Waals surface area (Å²) in [4.78, 5) is 18.4. The third kappa shape index (κ3) is 4.31. The summed E-state index contributed by atoms with van der Waals surface area (Å²) in [6, 6.07) is 8.50. The largest absolute Gasteiger partial charge is 0.371 e. The third-order valence-corrected chi connectivity index (χ3v) is 4.19. The van der Waals surface area contributed by atoms with Crippen LogP contribution in [0.5, 0.6) is 0 Å². The molecule has 122 valence electrons. The Morgan fingerprint density at radius 2 is 2.26 bits per heavy atom. The van der Waals surface area contributed by atoms with Crippen LogP contribution in [0, 0.1) is 0 Å². The maximum Gasteiger partial charge on any atom is 0.221 e. The van der Waals surface area contributed by atoms with E-state index in [1.54, 1.807) is 0 Å². The number of amides is 1. The van der Waals surface area contributed by atoms with Crippen LogP contribution in [0.1, 0.15) is 30.7 Å². The Labute approximate surface area is 136 Å². The van der Waals surface area contributed by atoms with Crippen LogP contribution in [0.25, 0.3) is 0 Å². The molecule has 0 unspecified atom stereocenters. The number of aromatic nitrogens is 3. The van der Waals surface area contributed by atoms with Crippen LogP contribution in [0.15, 0.2) is 30.6 Å². The van der Waals surface area contributed by atoms with Gasteiger partial charge in [-0.15, -0.1) is 0 Å². The molecular weight excluding hydrogens is 290 g/mol. The number of para-hydroxylation sites is 1. The van der Waals surface area contributed by atoms with Crippen LogP contribution in [-0.4, -0.2) is 40.7 Å². The van der Waals surface area contributed by atoms with Gasteiger partial charge in [0.25, 0.3) is 0 Å². The molecule has 1 amide bonds. The van der Waals surface area contributed by atoms with Gasteiger partial charge in [0.05, 0.1) is 0 Å². The number of H-pyrrole nitrogens is 1. The van der Waals surface area contributed by atoms with E-state index in [-0.39, 0.29) is 5.91 Å². The molecule has 0 radical (unpaired) electrons. The van der Waals surface area contributed by atoms with E-state index >= 15 is 0 Å². The number of hydrogen-bond acceptors (Lipinski definition) is 4. The van der Waals surface area contributed by atoms with Gasteiger partial charge in [-0.25, -0.2) is 4.98 Å². The molecule has 0 aliphatic carbocycles. The van der Waals surface area contributed by atoms with E-state index in [0.29, 0.717) is 13.0 Å². The Balaban J connectivity index is 1.38. The molecule has 0 bridgehead atoms. The number of anilines is 1. The number of fused-ring (bicyclic) bond motifs is 1. The molecular formula is C17H23N5O. The Bertz CT molecular complexity index is 626. The van der Waals surface area contributed by atoms with Crippen molar-refractivity contribution in [1.82, 2.24) is 20.5 Å². The molecule has 1 aromatic heterocycles. The molecule has 0 saturated carbocycles. The van der Waals surface area contributed by atoms with Crippen LogP contribution in [0.2, 0.25) is 0 Å². The van der Waals surface area contributed by atoms with E-state index in [4.69, 9.17) is 0 Å². The van der Waals surface area contributed by atoms with Crippen molar-refractivity contribution in [1.29, 1.82) is 0 Å². The van der Waals surface area contributed by atoms with Crippen molar-refractivity contribution in [3.63, 3.8) is 0 Å². The van der Waals surface area contributed by atoms with Crippen molar-refractivity contribution in [3.8, 4) is 0 Å². The fraction of sp³-hybridized carbons (Fsp3) is 0.471. The van der Waals surface area contributed by atoms with Gasteiger partial charge in [-0.2, -0.15) is 5.10 Å². The molecule has 1 aromatic carbocycles. The van der Waals surface area contributed by atoms with Crippen molar-refractivity contribution in [3.05, 3.63) is 42.0 Å². The summed E-state index contributed by atoms with van der Waals surface area (Å²) in [6.45, 7) is 2.50. The number of aromatic amines is 1. The summed E-state index contributed by atoms with van der Waals surface area (Å²) < 4.78 is 0. The van der Waals surface area contributed by atoms with Crippen molar-refractivity contribution in [2.75, 3.05) is 24.5 Å². The zero-order chi connectivity index (χ0) is 15.9. The molecule has 3 rings (SSSR count). The van der Waals surface area contributed by atoms with E-state index < -0.39 is 0 Å². The SMILES string of the molecule is O=C(CCN1CCCc2ccccc21)NCCCc1ncn[nH]1. The van der Waals surface area contributed by atoms with Crippen LogP contribution in [0.4, 0.5) is 5.69 Å². The maximum atomic E-state index is 12.0. The van der Waals surface area contributed by atoms with Gasteiger partial charge in [-0.1, -0.05) is 18.2 Å². The van der Waals surface area contributed by atoms with Crippen molar-refractivity contribution in [2.45, 2.75) is 32.1 Å². The van der Waals surface area contributed by atoms with E-state index in [1.807, 2.05) is 0 Å². The second-order valence-corrected chi connectivity index (χ2v) is 5.85. The molecule has 1 aliphatic heterocycles. The number of aryl methyl sites for hydroxylation is 2. The molecule has 6 nitrogen and oxygen atoms in total. The summed E-state index contributed by atoms with van der Waals surface area (Å²) in [5, 5.41) is 9.61. The smallest absolute Gasteiger partial charge is 0.221 e. The maximum absolute atomic E-state index is 12.0. The normalized spacial score (nSPS) is 13.7. The summed E-state index contributed by atoms with van der Waals surface area (Å²) in [6.07, 6.45) is 6.02. The summed E-state index contributed by atoms with van der Waals surface area (Å²) in [7, 11) is 0. The minimum absolute atomic E-state index is 0.116. The first-order valence-corrected chi connectivity index (χ1v) is 8.27. The van der Waals surface area contributed by atoms with E-state index in [1.165, 1.54) is 17.6 Å². The first kappa shape index (κ1) is 15.5. The molecule has 6 heteroatoms. The minimum atomic E-state index is 0.116. The predicted octanol–water partition coefficient (Wildman–Crippen LogP) is 1.70. The molecule has 2 N–H and O–H groups in total. The zero-order valence-corrected chi connectivity index (χ0v) is 13.3. The Hall–Kier alpha value is -2.37. The first-order chi connectivity index (χ1) is 11.3. The van der Waals surface area contributed by atoms with Crippen molar-refractivity contribution >= 4 is 11.6 Å². The molecule has 0 fully saturated rings. The van der Waals surface area contributed by atoms with Crippen molar-refractivity contribution < 1.29 is 4.79 Å². The second-order valence-electron chi connectivity index (χ2n) is 5.85. The van der Waals surface area contributed by atoms with Gasteiger partial charge in [0.1, 0.15) is 12.2 Å². The fourth-order valence-corrected chi connectivity index (χ4v) is 3.00. The Morgan fingerprint density at radius 3 is 3.13 bits per heavy atom. The number of carbonyl (C=O) groups excluding carboxylic acids is 1. The molecule has 2 heterocycles. The monoisotopic (exact) mass is 313 g/mol. The highest BCUT2D eigenvalue weighted by atomic mass is 16.1. The van der Waals surface area contributed by atoms with Crippen LogP contribution >= 0.6 is 0 Å². The zero-order valence-electron chi connectivity index (χ0n) is 13.3. The van der Waals surface area contributed by atoms with Gasteiger partial charge in [0.2, 0.25) is 5.91 Å². The highest BCUT2D eigenvalue weighted by molar-refractivity contribution is 5.76. The average Bonchev–Trinajstić information content (AvgIpc) is 3.10. The lowest BCUT2D eigenvalue weighted by Crippen LogP contribution is -2.34. The van der Waals surface area contributed by atoms with Gasteiger partial charge < -0.3 is 10.2 Å². The number of carbonyl (C=O) groups is 1. The molecule has 0 spiro atoms. The molecule has 1 aliphatic rings. The quantitative estimate of drug-likeness (QED) is 0.763. The topological polar surface area (TPSA) is 73.9 Å². The fourth-order valence-electron chi connectivity index (χ4n) is 3.00. The Kier molecular flexibility index (Phi) is 5.24. The highest BCUT2D eigenvalue weighted by Gasteiger charge is 2.16. The average molecular weight is 313 g/mol. The van der Waals surface area contributed by atoms with Gasteiger partial charge in [0.15, 0.2) is 0 Å². The summed E-state index contributed by atoms with van der Waals surface area (Å²) in [5.41, 5.74) is 2.68. The van der Waals surface area contributed by atoms with E-state index in [2.05, 4.69) is 49.7 Å².